The minimum Gasteiger partial charge on any atom is -0.349 e. The Balaban J connectivity index is 1.43. The molecule has 168 valence electrons. The number of fused-ring (bicyclic) bond motifs is 1. The van der Waals surface area contributed by atoms with E-state index in [4.69, 9.17) is 23.0 Å². The van der Waals surface area contributed by atoms with E-state index in [0.29, 0.717) is 34.4 Å². The van der Waals surface area contributed by atoms with Gasteiger partial charge in [-0.2, -0.15) is 5.10 Å². The Kier molecular flexibility index (Phi) is 5.62. The average molecular weight is 459 g/mol. The van der Waals surface area contributed by atoms with Gasteiger partial charge < -0.3 is 15.1 Å². The summed E-state index contributed by atoms with van der Waals surface area (Å²) in [5.41, 5.74) is 4.41. The maximum Gasteiger partial charge on any atom is 0.180 e. The molecule has 32 heavy (non-hydrogen) atoms. The van der Waals surface area contributed by atoms with Crippen molar-refractivity contribution in [3.8, 4) is 0 Å². The molecule has 2 fully saturated rings. The van der Waals surface area contributed by atoms with Gasteiger partial charge in [0.2, 0.25) is 0 Å². The van der Waals surface area contributed by atoms with Crippen molar-refractivity contribution < 1.29 is 8.78 Å². The molecule has 1 unspecified atom stereocenters. The number of nitrogens with one attached hydrogen (secondary N) is 2. The molecular weight excluding hydrogens is 434 g/mol. The molecule has 2 saturated heterocycles. The fourth-order valence-electron chi connectivity index (χ4n) is 4.61. The third-order valence-corrected chi connectivity index (χ3v) is 6.50. The zero-order chi connectivity index (χ0) is 22.2. The van der Waals surface area contributed by atoms with Crippen LogP contribution in [0.15, 0.2) is 36.7 Å². The number of hydrogen-bond donors (Lipinski definition) is 3. The van der Waals surface area contributed by atoms with Crippen LogP contribution in [0.2, 0.25) is 0 Å². The first-order valence-corrected chi connectivity index (χ1v) is 11.1. The topological polar surface area (TPSA) is 86.8 Å². The van der Waals surface area contributed by atoms with Gasteiger partial charge in [-0.3, -0.25) is 5.84 Å². The number of thiocarbonyl (C=S) groups is 1. The van der Waals surface area contributed by atoms with Crippen molar-refractivity contribution in [3.05, 3.63) is 53.9 Å². The van der Waals surface area contributed by atoms with E-state index >= 15 is 0 Å². The van der Waals surface area contributed by atoms with E-state index in [1.165, 1.54) is 12.1 Å². The van der Waals surface area contributed by atoms with E-state index < -0.39 is 11.6 Å². The van der Waals surface area contributed by atoms with Gasteiger partial charge in [0.25, 0.3) is 0 Å². The molecule has 2 aliphatic rings. The third kappa shape index (κ3) is 3.76. The summed E-state index contributed by atoms with van der Waals surface area (Å²) < 4.78 is 29.9. The SMILES string of the molecule is NNC1CCCN1C(=S)Nc1cnn2ccc(N3CCC[C@@H]3c3cc(F)ccc3F)nc12. The van der Waals surface area contributed by atoms with Crippen molar-refractivity contribution in [2.24, 2.45) is 5.84 Å². The molecule has 3 aromatic rings. The monoisotopic (exact) mass is 458 g/mol. The lowest BCUT2D eigenvalue weighted by atomic mass is 10.0. The fourth-order valence-corrected chi connectivity index (χ4v) is 4.94. The summed E-state index contributed by atoms with van der Waals surface area (Å²) in [5.74, 6) is 5.46. The molecule has 4 N–H and O–H groups in total. The summed E-state index contributed by atoms with van der Waals surface area (Å²) in [6, 6.07) is 5.16. The molecule has 0 saturated carbocycles. The molecule has 0 bridgehead atoms. The van der Waals surface area contributed by atoms with Crippen molar-refractivity contribution in [2.75, 3.05) is 23.3 Å². The zero-order valence-electron chi connectivity index (χ0n) is 17.3. The Bertz CT molecular complexity index is 1150. The van der Waals surface area contributed by atoms with Gasteiger partial charge in [0.15, 0.2) is 10.8 Å². The van der Waals surface area contributed by atoms with Crippen molar-refractivity contribution in [2.45, 2.75) is 37.9 Å². The second-order valence-electron chi connectivity index (χ2n) is 8.08. The average Bonchev–Trinajstić information content (AvgIpc) is 3.54. The lowest BCUT2D eigenvalue weighted by molar-refractivity contribution is 0.336. The number of aromatic nitrogens is 3. The van der Waals surface area contributed by atoms with Crippen LogP contribution in [0.4, 0.5) is 20.3 Å². The van der Waals surface area contributed by atoms with E-state index in [2.05, 4.69) is 15.8 Å². The Hall–Kier alpha value is -2.89. The van der Waals surface area contributed by atoms with Gasteiger partial charge in [-0.05, 0) is 62.2 Å². The molecule has 0 spiro atoms. The number of nitrogens with zero attached hydrogens (tertiary/aromatic N) is 5. The van der Waals surface area contributed by atoms with Gasteiger partial charge in [-0.25, -0.2) is 23.7 Å². The van der Waals surface area contributed by atoms with Crippen LogP contribution in [-0.4, -0.2) is 43.9 Å². The molecule has 2 aliphatic heterocycles. The van der Waals surface area contributed by atoms with Gasteiger partial charge in [0.05, 0.1) is 18.4 Å². The number of rotatable bonds is 4. The van der Waals surface area contributed by atoms with Crippen molar-refractivity contribution in [1.82, 2.24) is 24.9 Å². The van der Waals surface area contributed by atoms with Gasteiger partial charge in [-0.15, -0.1) is 0 Å². The van der Waals surface area contributed by atoms with Gasteiger partial charge in [-0.1, -0.05) is 0 Å². The van der Waals surface area contributed by atoms with Crippen molar-refractivity contribution in [1.29, 1.82) is 0 Å². The van der Waals surface area contributed by atoms with E-state index in [1.54, 1.807) is 10.7 Å². The predicted molar refractivity (Wildman–Crippen MR) is 122 cm³/mol. The maximum atomic E-state index is 14.5. The molecule has 2 atom stereocenters. The standard InChI is InChI=1S/C21H24F2N8S/c22-13-5-6-15(23)14(11-13)17-3-1-8-29(17)18-7-10-31-20(27-18)16(12-25-31)26-21(32)30-9-2-4-19(30)28-24/h5-7,10-12,17,19,28H,1-4,8-9,24H2,(H,26,32)/t17-,19?/m1/s1. The maximum absolute atomic E-state index is 14.5. The van der Waals surface area contributed by atoms with E-state index in [9.17, 15) is 8.78 Å². The fraction of sp³-hybridized carbons (Fsp3) is 0.381. The van der Waals surface area contributed by atoms with Gasteiger partial charge in [0, 0.05) is 24.8 Å². The number of hydrogen-bond acceptors (Lipinski definition) is 6. The minimum absolute atomic E-state index is 0.00752. The minimum atomic E-state index is -0.445. The highest BCUT2D eigenvalue weighted by Crippen LogP contribution is 2.37. The first-order valence-electron chi connectivity index (χ1n) is 10.6. The Labute approximate surface area is 189 Å². The molecule has 0 radical (unpaired) electrons. The van der Waals surface area contributed by atoms with Crippen LogP contribution in [0, 0.1) is 11.6 Å². The Morgan fingerprint density at radius 3 is 2.84 bits per heavy atom. The number of likely N-dealkylation sites (tertiary alicyclic amines) is 1. The predicted octanol–water partition coefficient (Wildman–Crippen LogP) is 2.93. The summed E-state index contributed by atoms with van der Waals surface area (Å²) in [6.45, 7) is 1.52. The molecular formula is C21H24F2N8S. The summed E-state index contributed by atoms with van der Waals surface area (Å²) in [6.07, 6.45) is 6.99. The first kappa shape index (κ1) is 21.0. The highest BCUT2D eigenvalue weighted by atomic mass is 32.1. The second kappa shape index (κ2) is 8.57. The Morgan fingerprint density at radius 1 is 1.16 bits per heavy atom. The van der Waals surface area contributed by atoms with Gasteiger partial charge >= 0.3 is 0 Å². The van der Waals surface area contributed by atoms with E-state index in [0.717, 1.165) is 38.3 Å². The van der Waals surface area contributed by atoms with E-state index in [1.807, 2.05) is 22.1 Å². The van der Waals surface area contributed by atoms with Crippen LogP contribution < -0.4 is 21.5 Å². The molecule has 5 rings (SSSR count). The van der Waals surface area contributed by atoms with Crippen LogP contribution >= 0.6 is 12.2 Å². The smallest absolute Gasteiger partial charge is 0.180 e. The Morgan fingerprint density at radius 2 is 2.00 bits per heavy atom. The number of hydrazine groups is 1. The quantitative estimate of drug-likeness (QED) is 0.313. The van der Waals surface area contributed by atoms with Gasteiger partial charge in [0.1, 0.15) is 23.1 Å². The largest absolute Gasteiger partial charge is 0.349 e. The third-order valence-electron chi connectivity index (χ3n) is 6.17. The number of nitrogens with two attached hydrogens (primary N) is 1. The lowest BCUT2D eigenvalue weighted by Crippen LogP contribution is -2.48. The summed E-state index contributed by atoms with van der Waals surface area (Å²) in [5, 5.41) is 8.14. The van der Waals surface area contributed by atoms with Crippen molar-refractivity contribution in [3.63, 3.8) is 0 Å². The van der Waals surface area contributed by atoms with Crippen molar-refractivity contribution >= 4 is 34.5 Å². The highest BCUT2D eigenvalue weighted by molar-refractivity contribution is 7.80. The lowest BCUT2D eigenvalue weighted by Gasteiger charge is -2.27. The number of halogens is 2. The van der Waals surface area contributed by atoms with E-state index in [-0.39, 0.29) is 12.2 Å². The molecule has 2 aromatic heterocycles. The van der Waals surface area contributed by atoms with Crippen LogP contribution in [0.3, 0.4) is 0 Å². The van der Waals surface area contributed by atoms with Crippen LogP contribution in [0.5, 0.6) is 0 Å². The van der Waals surface area contributed by atoms with Crippen LogP contribution in [0.25, 0.3) is 5.65 Å². The highest BCUT2D eigenvalue weighted by Gasteiger charge is 2.30. The van der Waals surface area contributed by atoms with Crippen LogP contribution in [-0.2, 0) is 0 Å². The number of benzene rings is 1. The number of anilines is 2. The summed E-state index contributed by atoms with van der Waals surface area (Å²) >= 11 is 5.58. The molecule has 11 heteroatoms. The van der Waals surface area contributed by atoms with Crippen LogP contribution in [0.1, 0.15) is 37.3 Å². The molecule has 0 amide bonds. The molecule has 8 nitrogen and oxygen atoms in total. The normalized spacial score (nSPS) is 21.0. The molecule has 4 heterocycles. The summed E-state index contributed by atoms with van der Waals surface area (Å²) in [7, 11) is 0. The second-order valence-corrected chi connectivity index (χ2v) is 8.46. The molecule has 0 aliphatic carbocycles. The zero-order valence-corrected chi connectivity index (χ0v) is 18.2. The summed E-state index contributed by atoms with van der Waals surface area (Å²) in [4.78, 5) is 8.81. The molecule has 1 aromatic carbocycles. The first-order chi connectivity index (χ1) is 15.5.